The smallest absolute Gasteiger partial charge is 0.408 e. The summed E-state index contributed by atoms with van der Waals surface area (Å²) in [4.78, 5) is 27.6. The Balaban J connectivity index is 1.59. The third-order valence-corrected chi connectivity index (χ3v) is 5.55. The quantitative estimate of drug-likeness (QED) is 0.464. The average Bonchev–Trinajstić information content (AvgIpc) is 3.15. The number of nitrogens with one attached hydrogen (secondary N) is 1. The zero-order valence-corrected chi connectivity index (χ0v) is 18.6. The van der Waals surface area contributed by atoms with Crippen LogP contribution in [0, 0.1) is 5.92 Å². The van der Waals surface area contributed by atoms with Crippen molar-refractivity contribution in [3.05, 3.63) is 71.8 Å². The summed E-state index contributed by atoms with van der Waals surface area (Å²) in [6.45, 7) is -0.174. The molecule has 0 fully saturated rings. The molecular formula is C24H26F3N3O5. The Morgan fingerprint density at radius 1 is 1.03 bits per heavy atom. The summed E-state index contributed by atoms with van der Waals surface area (Å²) in [5, 5.41) is 11.6. The van der Waals surface area contributed by atoms with Crippen LogP contribution < -0.4 is 11.1 Å². The number of carboxylic acids is 1. The van der Waals surface area contributed by atoms with Gasteiger partial charge in [0.2, 0.25) is 0 Å². The van der Waals surface area contributed by atoms with Crippen LogP contribution in [0.4, 0.5) is 18.0 Å². The van der Waals surface area contributed by atoms with E-state index in [0.717, 1.165) is 0 Å². The highest BCUT2D eigenvalue weighted by atomic mass is 19.4. The summed E-state index contributed by atoms with van der Waals surface area (Å²) >= 11 is 0. The van der Waals surface area contributed by atoms with Crippen LogP contribution in [0.15, 0.2) is 65.7 Å². The van der Waals surface area contributed by atoms with Gasteiger partial charge in [-0.2, -0.15) is 13.2 Å². The molecule has 4 N–H and O–H groups in total. The second-order valence-electron chi connectivity index (χ2n) is 8.08. The molecule has 0 bridgehead atoms. The standard InChI is InChI=1S/C24H26F3N3O5/c25-24(26,27)19-17(29-21(28)20(19)34-13-15-7-3-1-4-8-15)11-12-18(22(31)32)30-23(33)35-14-16-9-5-2-6-10-16/h1-10,17-20H,11-14H2,(H2,28,29)(H,30,33)(H,31,32). The molecule has 1 amide bonds. The van der Waals surface area contributed by atoms with Crippen LogP contribution in [0.1, 0.15) is 24.0 Å². The molecule has 8 nitrogen and oxygen atoms in total. The first-order valence-electron chi connectivity index (χ1n) is 10.9. The second kappa shape index (κ2) is 11.7. The van der Waals surface area contributed by atoms with E-state index in [-0.39, 0.29) is 31.9 Å². The van der Waals surface area contributed by atoms with Gasteiger partial charge in [-0.05, 0) is 24.0 Å². The minimum absolute atomic E-state index is 0.0843. The molecular weight excluding hydrogens is 467 g/mol. The van der Waals surface area contributed by atoms with E-state index in [2.05, 4.69) is 10.3 Å². The van der Waals surface area contributed by atoms with Crippen molar-refractivity contribution < 1.29 is 37.3 Å². The SMILES string of the molecule is NC1=NC(CCC(NC(=O)OCc2ccccc2)C(=O)O)C(C(F)(F)F)C1OCc1ccccc1. The summed E-state index contributed by atoms with van der Waals surface area (Å²) in [6, 6.07) is 14.6. The van der Waals surface area contributed by atoms with Crippen molar-refractivity contribution in [1.82, 2.24) is 5.32 Å². The summed E-state index contributed by atoms with van der Waals surface area (Å²) in [6.07, 6.45) is -7.77. The Kier molecular flexibility index (Phi) is 8.69. The first-order valence-corrected chi connectivity index (χ1v) is 10.9. The molecule has 0 radical (unpaired) electrons. The number of amides is 1. The molecule has 2 aromatic carbocycles. The van der Waals surface area contributed by atoms with Gasteiger partial charge in [0.1, 0.15) is 30.5 Å². The fourth-order valence-corrected chi connectivity index (χ4v) is 3.82. The van der Waals surface area contributed by atoms with Gasteiger partial charge in [-0.1, -0.05) is 60.7 Å². The number of alkyl carbamates (subject to hydrolysis) is 1. The van der Waals surface area contributed by atoms with Crippen molar-refractivity contribution in [2.75, 3.05) is 0 Å². The number of hydrogen-bond acceptors (Lipinski definition) is 6. The van der Waals surface area contributed by atoms with Crippen molar-refractivity contribution in [3.63, 3.8) is 0 Å². The third-order valence-electron chi connectivity index (χ3n) is 5.55. The molecule has 2 aromatic rings. The second-order valence-corrected chi connectivity index (χ2v) is 8.08. The maximum Gasteiger partial charge on any atom is 0.408 e. The molecule has 0 aromatic heterocycles. The van der Waals surface area contributed by atoms with E-state index in [1.165, 1.54) is 0 Å². The van der Waals surface area contributed by atoms with Gasteiger partial charge in [-0.3, -0.25) is 4.99 Å². The topological polar surface area (TPSA) is 123 Å². The first-order chi connectivity index (χ1) is 16.6. The molecule has 188 valence electrons. The number of nitrogens with two attached hydrogens (primary N) is 1. The van der Waals surface area contributed by atoms with Gasteiger partial charge in [0.05, 0.1) is 12.6 Å². The normalized spacial score (nSPS) is 20.7. The summed E-state index contributed by atoms with van der Waals surface area (Å²) < 4.78 is 52.2. The molecule has 35 heavy (non-hydrogen) atoms. The number of carbonyl (C=O) groups is 2. The van der Waals surface area contributed by atoms with Crippen LogP contribution in [0.2, 0.25) is 0 Å². The predicted octanol–water partition coefficient (Wildman–Crippen LogP) is 3.65. The van der Waals surface area contributed by atoms with Gasteiger partial charge in [-0.15, -0.1) is 0 Å². The van der Waals surface area contributed by atoms with E-state index in [1.54, 1.807) is 60.7 Å². The zero-order chi connectivity index (χ0) is 25.4. The molecule has 0 saturated carbocycles. The number of carbonyl (C=O) groups excluding carboxylic acids is 1. The lowest BCUT2D eigenvalue weighted by Crippen LogP contribution is -2.45. The van der Waals surface area contributed by atoms with Gasteiger partial charge in [0, 0.05) is 0 Å². The Labute approximate surface area is 199 Å². The van der Waals surface area contributed by atoms with Gasteiger partial charge < -0.3 is 25.6 Å². The molecule has 4 unspecified atom stereocenters. The highest BCUT2D eigenvalue weighted by molar-refractivity contribution is 5.87. The Bertz CT molecular complexity index is 1020. The lowest BCUT2D eigenvalue weighted by atomic mass is 9.91. The van der Waals surface area contributed by atoms with Crippen molar-refractivity contribution in [2.45, 2.75) is 50.4 Å². The maximum atomic E-state index is 13.9. The van der Waals surface area contributed by atoms with Crippen molar-refractivity contribution in [1.29, 1.82) is 0 Å². The van der Waals surface area contributed by atoms with Crippen molar-refractivity contribution >= 4 is 17.9 Å². The number of aliphatic imine (C=N–C) groups is 1. The molecule has 1 aliphatic rings. The van der Waals surface area contributed by atoms with Gasteiger partial charge in [0.25, 0.3) is 0 Å². The lowest BCUT2D eigenvalue weighted by molar-refractivity contribution is -0.200. The fraction of sp³-hybridized carbons (Fsp3) is 0.375. The zero-order valence-electron chi connectivity index (χ0n) is 18.6. The number of ether oxygens (including phenoxy) is 2. The number of hydrogen-bond donors (Lipinski definition) is 3. The van der Waals surface area contributed by atoms with Crippen LogP contribution in [-0.2, 0) is 27.5 Å². The molecule has 0 aliphatic carbocycles. The van der Waals surface area contributed by atoms with Crippen LogP contribution >= 0.6 is 0 Å². The van der Waals surface area contributed by atoms with E-state index in [4.69, 9.17) is 15.2 Å². The van der Waals surface area contributed by atoms with Crippen molar-refractivity contribution in [2.24, 2.45) is 16.6 Å². The number of nitrogens with zero attached hydrogens (tertiary/aromatic N) is 1. The largest absolute Gasteiger partial charge is 0.480 e. The Morgan fingerprint density at radius 3 is 2.14 bits per heavy atom. The first kappa shape index (κ1) is 26.0. The number of aliphatic carboxylic acids is 1. The summed E-state index contributed by atoms with van der Waals surface area (Å²) in [5.41, 5.74) is 7.15. The predicted molar refractivity (Wildman–Crippen MR) is 120 cm³/mol. The van der Waals surface area contributed by atoms with E-state index in [0.29, 0.717) is 11.1 Å². The van der Waals surface area contributed by atoms with E-state index in [1.807, 2.05) is 0 Å². The van der Waals surface area contributed by atoms with Crippen LogP contribution in [0.3, 0.4) is 0 Å². The number of benzene rings is 2. The number of halogens is 3. The Hall–Kier alpha value is -3.60. The molecule has 11 heteroatoms. The van der Waals surface area contributed by atoms with E-state index >= 15 is 0 Å². The maximum absolute atomic E-state index is 13.9. The van der Waals surface area contributed by atoms with E-state index in [9.17, 15) is 27.9 Å². The highest BCUT2D eigenvalue weighted by Crippen LogP contribution is 2.40. The molecule has 0 saturated heterocycles. The molecule has 3 rings (SSSR count). The fourth-order valence-electron chi connectivity index (χ4n) is 3.82. The minimum atomic E-state index is -4.68. The van der Waals surface area contributed by atoms with Gasteiger partial charge in [0.15, 0.2) is 0 Å². The molecule has 4 atom stereocenters. The number of rotatable bonds is 10. The summed E-state index contributed by atoms with van der Waals surface area (Å²) in [7, 11) is 0. The lowest BCUT2D eigenvalue weighted by Gasteiger charge is -2.27. The molecule has 1 heterocycles. The van der Waals surface area contributed by atoms with Crippen LogP contribution in [0.5, 0.6) is 0 Å². The van der Waals surface area contributed by atoms with Gasteiger partial charge >= 0.3 is 18.2 Å². The number of alkyl halides is 3. The average molecular weight is 493 g/mol. The Morgan fingerprint density at radius 2 is 1.60 bits per heavy atom. The highest BCUT2D eigenvalue weighted by Gasteiger charge is 2.54. The number of carboxylic acid groups (broad SMARTS) is 1. The third kappa shape index (κ3) is 7.44. The summed E-state index contributed by atoms with van der Waals surface area (Å²) in [5.74, 6) is -3.74. The van der Waals surface area contributed by atoms with Crippen molar-refractivity contribution in [3.8, 4) is 0 Å². The minimum Gasteiger partial charge on any atom is -0.480 e. The number of amidine groups is 1. The van der Waals surface area contributed by atoms with E-state index < -0.39 is 42.3 Å². The van der Waals surface area contributed by atoms with Crippen LogP contribution in [0.25, 0.3) is 0 Å². The molecule has 0 spiro atoms. The van der Waals surface area contributed by atoms with Crippen LogP contribution in [-0.4, -0.2) is 47.4 Å². The molecule has 1 aliphatic heterocycles. The van der Waals surface area contributed by atoms with Gasteiger partial charge in [-0.25, -0.2) is 9.59 Å². The monoisotopic (exact) mass is 493 g/mol.